The maximum atomic E-state index is 10.3. The van der Waals surface area contributed by atoms with Crippen LogP contribution in [0.4, 0.5) is 0 Å². The second kappa shape index (κ2) is 6.22. The van der Waals surface area contributed by atoms with Crippen molar-refractivity contribution in [2.24, 2.45) is 5.92 Å². The summed E-state index contributed by atoms with van der Waals surface area (Å²) in [6, 6.07) is 10.7. The zero-order chi connectivity index (χ0) is 13.9. The van der Waals surface area contributed by atoms with Gasteiger partial charge in [0, 0.05) is 29.3 Å². The third kappa shape index (κ3) is 3.20. The fourth-order valence-corrected chi connectivity index (χ4v) is 3.62. The summed E-state index contributed by atoms with van der Waals surface area (Å²) in [4.78, 5) is 1.03. The number of benzene rings is 1. The van der Waals surface area contributed by atoms with Gasteiger partial charge in [0.2, 0.25) is 0 Å². The first-order valence-corrected chi connectivity index (χ1v) is 7.98. The third-order valence-electron chi connectivity index (χ3n) is 3.88. The molecule has 1 aliphatic carbocycles. The Morgan fingerprint density at radius 1 is 1.40 bits per heavy atom. The lowest BCUT2D eigenvalue weighted by atomic mass is 10.1. The summed E-state index contributed by atoms with van der Waals surface area (Å²) >= 11 is 1.67. The van der Waals surface area contributed by atoms with Crippen LogP contribution >= 0.6 is 11.3 Å². The number of aliphatic hydroxyl groups excluding tert-OH is 1. The molecule has 2 atom stereocenters. The number of aliphatic hydroxyl groups is 1. The molecule has 108 valence electrons. The molecule has 2 unspecified atom stereocenters. The van der Waals surface area contributed by atoms with Gasteiger partial charge in [-0.25, -0.2) is 0 Å². The molecule has 1 fully saturated rings. The van der Waals surface area contributed by atoms with E-state index in [1.807, 2.05) is 12.1 Å². The highest BCUT2D eigenvalue weighted by Gasteiger charge is 2.31. The number of hydrogen-bond donors (Lipinski definition) is 2. The van der Waals surface area contributed by atoms with Crippen LogP contribution in [0.5, 0.6) is 0 Å². The second-order valence-corrected chi connectivity index (χ2v) is 6.63. The Hall–Kier alpha value is -0.940. The smallest absolute Gasteiger partial charge is 0.101 e. The Balaban J connectivity index is 1.61. The van der Waals surface area contributed by atoms with Crippen molar-refractivity contribution in [3.63, 3.8) is 0 Å². The minimum absolute atomic E-state index is 0.379. The molecule has 1 aliphatic rings. The summed E-state index contributed by atoms with van der Waals surface area (Å²) in [6.45, 7) is 1.32. The molecule has 0 radical (unpaired) electrons. The van der Waals surface area contributed by atoms with Crippen LogP contribution < -0.4 is 5.32 Å². The molecule has 0 aliphatic heterocycles. The highest BCUT2D eigenvalue weighted by Crippen LogP contribution is 2.33. The highest BCUT2D eigenvalue weighted by atomic mass is 32.1. The van der Waals surface area contributed by atoms with E-state index >= 15 is 0 Å². The van der Waals surface area contributed by atoms with E-state index in [1.165, 1.54) is 22.9 Å². The van der Waals surface area contributed by atoms with Crippen molar-refractivity contribution in [3.05, 3.63) is 35.2 Å². The first-order valence-electron chi connectivity index (χ1n) is 7.17. The van der Waals surface area contributed by atoms with E-state index in [9.17, 15) is 5.11 Å². The minimum atomic E-state index is -0.439. The second-order valence-electron chi connectivity index (χ2n) is 5.51. The first kappa shape index (κ1) is 14.0. The quantitative estimate of drug-likeness (QED) is 0.824. The van der Waals surface area contributed by atoms with Crippen molar-refractivity contribution in [2.45, 2.75) is 25.0 Å². The molecule has 0 bridgehead atoms. The van der Waals surface area contributed by atoms with Crippen LogP contribution in [-0.2, 0) is 4.74 Å². The number of ether oxygens (including phenoxy) is 1. The largest absolute Gasteiger partial charge is 0.386 e. The predicted molar refractivity (Wildman–Crippen MR) is 83.2 cm³/mol. The van der Waals surface area contributed by atoms with Gasteiger partial charge in [0.25, 0.3) is 0 Å². The number of hydrogen-bond acceptors (Lipinski definition) is 4. The van der Waals surface area contributed by atoms with Gasteiger partial charge in [-0.2, -0.15) is 0 Å². The maximum absolute atomic E-state index is 10.3. The van der Waals surface area contributed by atoms with Gasteiger partial charge in [-0.05, 0) is 36.3 Å². The van der Waals surface area contributed by atoms with Crippen molar-refractivity contribution in [2.75, 3.05) is 20.3 Å². The van der Waals surface area contributed by atoms with Gasteiger partial charge >= 0.3 is 0 Å². The van der Waals surface area contributed by atoms with E-state index in [2.05, 4.69) is 23.5 Å². The average molecular weight is 291 g/mol. The summed E-state index contributed by atoms with van der Waals surface area (Å²) in [5.74, 6) is 0.726. The zero-order valence-corrected chi connectivity index (χ0v) is 12.5. The maximum Gasteiger partial charge on any atom is 0.101 e. The van der Waals surface area contributed by atoms with Crippen molar-refractivity contribution < 1.29 is 9.84 Å². The summed E-state index contributed by atoms with van der Waals surface area (Å²) in [7, 11) is 1.74. The number of rotatable bonds is 7. The van der Waals surface area contributed by atoms with Crippen LogP contribution in [-0.4, -0.2) is 31.4 Å². The Morgan fingerprint density at radius 3 is 2.90 bits per heavy atom. The Kier molecular flexibility index (Phi) is 4.36. The van der Waals surface area contributed by atoms with Crippen molar-refractivity contribution >= 4 is 21.4 Å². The summed E-state index contributed by atoms with van der Waals surface area (Å²) in [6.07, 6.45) is 2.12. The first-order chi connectivity index (χ1) is 9.78. The lowest BCUT2D eigenvalue weighted by Gasteiger charge is -2.19. The average Bonchev–Trinajstić information content (AvgIpc) is 3.21. The number of nitrogens with one attached hydrogen (secondary N) is 1. The van der Waals surface area contributed by atoms with Gasteiger partial charge in [0.05, 0.1) is 6.61 Å². The lowest BCUT2D eigenvalue weighted by Crippen LogP contribution is -2.37. The normalized spacial score (nSPS) is 18.3. The molecular formula is C16H21NO2S. The van der Waals surface area contributed by atoms with Gasteiger partial charge in [-0.15, -0.1) is 11.3 Å². The molecule has 0 spiro atoms. The van der Waals surface area contributed by atoms with E-state index in [1.54, 1.807) is 18.4 Å². The van der Waals surface area contributed by atoms with Gasteiger partial charge in [-0.1, -0.05) is 18.2 Å². The molecule has 4 heteroatoms. The summed E-state index contributed by atoms with van der Waals surface area (Å²) in [5, 5.41) is 15.0. The van der Waals surface area contributed by atoms with Crippen LogP contribution in [0.15, 0.2) is 30.3 Å². The molecule has 2 N–H and O–H groups in total. The predicted octanol–water partition coefficient (Wildman–Crippen LogP) is 2.95. The minimum Gasteiger partial charge on any atom is -0.386 e. The number of methoxy groups -OCH3 is 1. The Morgan fingerprint density at radius 2 is 2.20 bits per heavy atom. The topological polar surface area (TPSA) is 41.5 Å². The summed E-state index contributed by atoms with van der Waals surface area (Å²) < 4.78 is 6.48. The molecule has 20 heavy (non-hydrogen) atoms. The molecule has 1 aromatic carbocycles. The molecule has 3 rings (SSSR count). The highest BCUT2D eigenvalue weighted by molar-refractivity contribution is 7.19. The van der Waals surface area contributed by atoms with Gasteiger partial charge in [-0.3, -0.25) is 0 Å². The van der Waals surface area contributed by atoms with Crippen LogP contribution in [0.1, 0.15) is 23.8 Å². The van der Waals surface area contributed by atoms with E-state index in [-0.39, 0.29) is 0 Å². The number of fused-ring (bicyclic) bond motifs is 1. The molecule has 2 aromatic rings. The Labute approximate surface area is 123 Å². The molecular weight excluding hydrogens is 270 g/mol. The third-order valence-corrected chi connectivity index (χ3v) is 5.10. The van der Waals surface area contributed by atoms with E-state index in [0.29, 0.717) is 12.6 Å². The fraction of sp³-hybridized carbons (Fsp3) is 0.500. The molecule has 1 aromatic heterocycles. The molecule has 1 heterocycles. The molecule has 1 saturated carbocycles. The van der Waals surface area contributed by atoms with Gasteiger partial charge in [0.15, 0.2) is 0 Å². The van der Waals surface area contributed by atoms with Crippen LogP contribution in [0.25, 0.3) is 10.1 Å². The molecule has 0 amide bonds. The summed E-state index contributed by atoms with van der Waals surface area (Å²) in [5.41, 5.74) is 0. The molecule has 0 saturated heterocycles. The van der Waals surface area contributed by atoms with E-state index < -0.39 is 6.10 Å². The standard InChI is InChI=1S/C16H21NO2S/c1-19-10-13(11-6-7-11)17-9-14(18)16-8-12-4-2-3-5-15(12)20-16/h2-5,8,11,13-14,17-18H,6-7,9-10H2,1H3. The van der Waals surface area contributed by atoms with E-state index in [0.717, 1.165) is 17.4 Å². The van der Waals surface area contributed by atoms with Crippen LogP contribution in [0.2, 0.25) is 0 Å². The van der Waals surface area contributed by atoms with Crippen molar-refractivity contribution in [1.82, 2.24) is 5.32 Å². The van der Waals surface area contributed by atoms with E-state index in [4.69, 9.17) is 4.74 Å². The van der Waals surface area contributed by atoms with Crippen molar-refractivity contribution in [3.8, 4) is 0 Å². The number of thiophene rings is 1. The fourth-order valence-electron chi connectivity index (χ4n) is 2.57. The SMILES string of the molecule is COCC(NCC(O)c1cc2ccccc2s1)C1CC1. The van der Waals surface area contributed by atoms with Gasteiger partial charge in [0.1, 0.15) is 6.10 Å². The monoisotopic (exact) mass is 291 g/mol. The van der Waals surface area contributed by atoms with Crippen LogP contribution in [0.3, 0.4) is 0 Å². The Bertz CT molecular complexity index is 531. The van der Waals surface area contributed by atoms with Crippen LogP contribution in [0, 0.1) is 5.92 Å². The molecule has 3 nitrogen and oxygen atoms in total. The lowest BCUT2D eigenvalue weighted by molar-refractivity contribution is 0.134. The van der Waals surface area contributed by atoms with Crippen molar-refractivity contribution in [1.29, 1.82) is 0 Å². The van der Waals surface area contributed by atoms with Gasteiger partial charge < -0.3 is 15.2 Å². The zero-order valence-electron chi connectivity index (χ0n) is 11.7.